The Morgan fingerprint density at radius 1 is 1.13 bits per heavy atom. The highest BCUT2D eigenvalue weighted by atomic mass is 16.5. The average Bonchev–Trinajstić information content (AvgIpc) is 3.26. The van der Waals surface area contributed by atoms with Gasteiger partial charge in [0.2, 0.25) is 11.8 Å². The van der Waals surface area contributed by atoms with Crippen molar-refractivity contribution in [1.29, 1.82) is 0 Å². The van der Waals surface area contributed by atoms with E-state index in [9.17, 15) is 19.5 Å². The SMILES string of the molecule is O=C1NCCOC(=O)[C@H](Cc2ccccc2)CC=CC[C@@H]1CC(=O)N1CCC[C@H]1CO. The lowest BCUT2D eigenvalue weighted by Gasteiger charge is -2.25. The van der Waals surface area contributed by atoms with Crippen LogP contribution in [0.1, 0.15) is 37.7 Å². The number of nitrogens with one attached hydrogen (secondary N) is 1. The number of ether oxygens (including phenoxy) is 1. The van der Waals surface area contributed by atoms with Gasteiger partial charge in [-0.3, -0.25) is 14.4 Å². The Morgan fingerprint density at radius 3 is 2.61 bits per heavy atom. The van der Waals surface area contributed by atoms with Crippen LogP contribution in [0.3, 0.4) is 0 Å². The van der Waals surface area contributed by atoms with Gasteiger partial charge in [-0.1, -0.05) is 42.5 Å². The zero-order valence-electron chi connectivity index (χ0n) is 17.9. The second-order valence-corrected chi connectivity index (χ2v) is 8.25. The number of rotatable bonds is 5. The van der Waals surface area contributed by atoms with E-state index >= 15 is 0 Å². The third-order valence-corrected chi connectivity index (χ3v) is 6.01. The summed E-state index contributed by atoms with van der Waals surface area (Å²) in [7, 11) is 0. The van der Waals surface area contributed by atoms with Gasteiger partial charge in [0.1, 0.15) is 6.61 Å². The van der Waals surface area contributed by atoms with E-state index in [1.807, 2.05) is 42.5 Å². The van der Waals surface area contributed by atoms with E-state index in [2.05, 4.69) is 5.32 Å². The molecule has 7 heteroatoms. The first-order valence-corrected chi connectivity index (χ1v) is 11.1. The molecule has 3 atom stereocenters. The number of hydrogen-bond acceptors (Lipinski definition) is 5. The maximum absolute atomic E-state index is 12.7. The molecule has 0 saturated carbocycles. The van der Waals surface area contributed by atoms with Gasteiger partial charge >= 0.3 is 5.97 Å². The Balaban J connectivity index is 1.64. The van der Waals surface area contributed by atoms with Crippen LogP contribution in [0.5, 0.6) is 0 Å². The lowest BCUT2D eigenvalue weighted by Crippen LogP contribution is -2.41. The number of allylic oxidation sites excluding steroid dienone is 2. The molecule has 2 heterocycles. The highest BCUT2D eigenvalue weighted by Gasteiger charge is 2.31. The molecule has 0 aromatic heterocycles. The van der Waals surface area contributed by atoms with Crippen molar-refractivity contribution in [2.24, 2.45) is 11.8 Å². The van der Waals surface area contributed by atoms with E-state index < -0.39 is 5.92 Å². The molecule has 168 valence electrons. The number of esters is 1. The van der Waals surface area contributed by atoms with E-state index in [-0.39, 0.29) is 55.9 Å². The van der Waals surface area contributed by atoms with Crippen LogP contribution in [-0.4, -0.2) is 60.1 Å². The van der Waals surface area contributed by atoms with E-state index in [1.165, 1.54) is 0 Å². The molecular weight excluding hydrogens is 396 g/mol. The molecule has 1 saturated heterocycles. The minimum atomic E-state index is -0.480. The maximum Gasteiger partial charge on any atom is 0.309 e. The van der Waals surface area contributed by atoms with Gasteiger partial charge in [0.15, 0.2) is 0 Å². The summed E-state index contributed by atoms with van der Waals surface area (Å²) in [5.74, 6) is -1.34. The largest absolute Gasteiger partial charge is 0.464 e. The molecule has 3 rings (SSSR count). The highest BCUT2D eigenvalue weighted by molar-refractivity contribution is 5.86. The predicted molar refractivity (Wildman–Crippen MR) is 116 cm³/mol. The smallest absolute Gasteiger partial charge is 0.309 e. The Bertz CT molecular complexity index is 779. The van der Waals surface area contributed by atoms with E-state index in [0.29, 0.717) is 25.8 Å². The first-order chi connectivity index (χ1) is 15.1. The molecule has 1 aromatic rings. The zero-order chi connectivity index (χ0) is 22.1. The molecule has 1 fully saturated rings. The molecule has 0 radical (unpaired) electrons. The van der Waals surface area contributed by atoms with E-state index in [4.69, 9.17) is 4.74 Å². The molecule has 7 nitrogen and oxygen atoms in total. The fourth-order valence-corrected chi connectivity index (χ4v) is 4.24. The predicted octanol–water partition coefficient (Wildman–Crippen LogP) is 1.84. The first kappa shape index (κ1) is 23.0. The van der Waals surface area contributed by atoms with Crippen LogP contribution in [0.25, 0.3) is 0 Å². The summed E-state index contributed by atoms with van der Waals surface area (Å²) in [5, 5.41) is 12.3. The van der Waals surface area contributed by atoms with Crippen LogP contribution in [-0.2, 0) is 25.5 Å². The van der Waals surface area contributed by atoms with Gasteiger partial charge in [-0.25, -0.2) is 0 Å². The number of carbonyl (C=O) groups excluding carboxylic acids is 3. The van der Waals surface area contributed by atoms with Gasteiger partial charge in [0.05, 0.1) is 31.0 Å². The van der Waals surface area contributed by atoms with Crippen molar-refractivity contribution in [2.75, 3.05) is 26.3 Å². The van der Waals surface area contributed by atoms with Gasteiger partial charge in [0.25, 0.3) is 0 Å². The average molecular weight is 429 g/mol. The summed E-state index contributed by atoms with van der Waals surface area (Å²) in [6, 6.07) is 9.68. The number of amides is 2. The molecule has 0 bridgehead atoms. The van der Waals surface area contributed by atoms with Crippen LogP contribution < -0.4 is 5.32 Å². The zero-order valence-corrected chi connectivity index (χ0v) is 17.9. The summed E-state index contributed by atoms with van der Waals surface area (Å²) in [6.07, 6.45) is 7.13. The third kappa shape index (κ3) is 6.66. The molecule has 2 N–H and O–H groups in total. The van der Waals surface area contributed by atoms with Crippen molar-refractivity contribution in [3.63, 3.8) is 0 Å². The van der Waals surface area contributed by atoms with Gasteiger partial charge in [-0.15, -0.1) is 0 Å². The Morgan fingerprint density at radius 2 is 1.87 bits per heavy atom. The van der Waals surface area contributed by atoms with E-state index in [0.717, 1.165) is 18.4 Å². The van der Waals surface area contributed by atoms with Crippen molar-refractivity contribution in [1.82, 2.24) is 10.2 Å². The molecule has 0 unspecified atom stereocenters. The summed E-state index contributed by atoms with van der Waals surface area (Å²) in [5.41, 5.74) is 1.07. The second-order valence-electron chi connectivity index (χ2n) is 8.25. The normalized spacial score (nSPS) is 25.3. The van der Waals surface area contributed by atoms with Gasteiger partial charge in [-0.05, 0) is 37.7 Å². The lowest BCUT2D eigenvalue weighted by atomic mass is 9.94. The number of benzene rings is 1. The van der Waals surface area contributed by atoms with Crippen LogP contribution in [0.2, 0.25) is 0 Å². The quantitative estimate of drug-likeness (QED) is 0.551. The van der Waals surface area contributed by atoms with E-state index in [1.54, 1.807) is 4.90 Å². The fraction of sp³-hybridized carbons (Fsp3) is 0.542. The number of nitrogens with zero attached hydrogens (tertiary/aromatic N) is 1. The van der Waals surface area contributed by atoms with Gasteiger partial charge in [0, 0.05) is 13.0 Å². The minimum Gasteiger partial charge on any atom is -0.464 e. The summed E-state index contributed by atoms with van der Waals surface area (Å²) in [4.78, 5) is 39.5. The van der Waals surface area contributed by atoms with Crippen molar-refractivity contribution in [2.45, 2.75) is 44.6 Å². The van der Waals surface area contributed by atoms with Crippen LogP contribution in [0.4, 0.5) is 0 Å². The number of aliphatic hydroxyl groups is 1. The molecule has 2 amide bonds. The molecule has 31 heavy (non-hydrogen) atoms. The third-order valence-electron chi connectivity index (χ3n) is 6.01. The Labute approximate surface area is 183 Å². The molecular formula is C24H32N2O5. The van der Waals surface area contributed by atoms with Crippen molar-refractivity contribution in [3.8, 4) is 0 Å². The maximum atomic E-state index is 12.7. The Kier molecular flexibility index (Phi) is 8.64. The van der Waals surface area contributed by atoms with Crippen LogP contribution in [0.15, 0.2) is 42.5 Å². The fourth-order valence-electron chi connectivity index (χ4n) is 4.24. The summed E-state index contributed by atoms with van der Waals surface area (Å²) in [6.45, 7) is 0.918. The summed E-state index contributed by atoms with van der Waals surface area (Å²) < 4.78 is 5.38. The minimum absolute atomic E-state index is 0.0450. The van der Waals surface area contributed by atoms with Crippen molar-refractivity contribution >= 4 is 17.8 Å². The first-order valence-electron chi connectivity index (χ1n) is 11.1. The van der Waals surface area contributed by atoms with Crippen molar-refractivity contribution in [3.05, 3.63) is 48.0 Å². The lowest BCUT2D eigenvalue weighted by molar-refractivity contribution is -0.148. The molecule has 2 aliphatic heterocycles. The highest BCUT2D eigenvalue weighted by Crippen LogP contribution is 2.22. The topological polar surface area (TPSA) is 95.9 Å². The number of aliphatic hydroxyl groups excluding tert-OH is 1. The number of carbonyl (C=O) groups is 3. The van der Waals surface area contributed by atoms with Gasteiger partial charge < -0.3 is 20.1 Å². The monoisotopic (exact) mass is 428 g/mol. The molecule has 0 spiro atoms. The standard InChI is InChI=1S/C24H32N2O5/c27-17-21-11-6-13-26(21)22(28)16-19-9-4-5-10-20(15-18-7-2-1-3-8-18)24(30)31-14-12-25-23(19)29/h1-5,7-8,19-21,27H,6,9-17H2,(H,25,29)/t19-,20+,21+/m1/s1. The molecule has 1 aromatic carbocycles. The van der Waals surface area contributed by atoms with Crippen LogP contribution in [0, 0.1) is 11.8 Å². The molecule has 0 aliphatic carbocycles. The van der Waals surface area contributed by atoms with Crippen molar-refractivity contribution < 1.29 is 24.2 Å². The second kappa shape index (κ2) is 11.6. The van der Waals surface area contributed by atoms with Gasteiger partial charge in [-0.2, -0.15) is 0 Å². The number of hydrogen-bond donors (Lipinski definition) is 2. The van der Waals surface area contributed by atoms with Crippen LogP contribution >= 0.6 is 0 Å². The number of likely N-dealkylation sites (tertiary alicyclic amines) is 1. The number of cyclic esters (lactones) is 1. The summed E-state index contributed by atoms with van der Waals surface area (Å²) >= 11 is 0. The molecule has 2 aliphatic rings. The Hall–Kier alpha value is -2.67.